The Labute approximate surface area is 126 Å². The second kappa shape index (κ2) is 7.02. The molecule has 1 atom stereocenters. The monoisotopic (exact) mass is 341 g/mol. The molecule has 5 heteroatoms. The maximum atomic E-state index is 13.7. The second-order valence-corrected chi connectivity index (χ2v) is 5.16. The lowest BCUT2D eigenvalue weighted by Crippen LogP contribution is -2.22. The SMILES string of the molecule is CCNC(c1ccc(COC)o1)c1cccc(F)c1Br. The molecule has 0 saturated heterocycles. The van der Waals surface area contributed by atoms with Crippen LogP contribution in [0.4, 0.5) is 4.39 Å². The van der Waals surface area contributed by atoms with Crippen LogP contribution in [-0.4, -0.2) is 13.7 Å². The van der Waals surface area contributed by atoms with Crippen molar-refractivity contribution in [1.82, 2.24) is 5.32 Å². The van der Waals surface area contributed by atoms with E-state index in [2.05, 4.69) is 21.2 Å². The van der Waals surface area contributed by atoms with Crippen molar-refractivity contribution in [3.8, 4) is 0 Å². The number of nitrogens with one attached hydrogen (secondary N) is 1. The van der Waals surface area contributed by atoms with Gasteiger partial charge >= 0.3 is 0 Å². The first-order chi connectivity index (χ1) is 9.67. The number of furan rings is 1. The fraction of sp³-hybridized carbons (Fsp3) is 0.333. The van der Waals surface area contributed by atoms with Crippen molar-refractivity contribution in [1.29, 1.82) is 0 Å². The molecule has 3 nitrogen and oxygen atoms in total. The van der Waals surface area contributed by atoms with Gasteiger partial charge in [-0.1, -0.05) is 19.1 Å². The zero-order valence-electron chi connectivity index (χ0n) is 11.5. The highest BCUT2D eigenvalue weighted by Gasteiger charge is 2.20. The number of hydrogen-bond acceptors (Lipinski definition) is 3. The van der Waals surface area contributed by atoms with Crippen molar-refractivity contribution < 1.29 is 13.5 Å². The van der Waals surface area contributed by atoms with Gasteiger partial charge in [0.2, 0.25) is 0 Å². The summed E-state index contributed by atoms with van der Waals surface area (Å²) in [6, 6.07) is 8.55. The zero-order chi connectivity index (χ0) is 14.5. The van der Waals surface area contributed by atoms with Crippen LogP contribution in [0.25, 0.3) is 0 Å². The maximum absolute atomic E-state index is 13.7. The van der Waals surface area contributed by atoms with Crippen LogP contribution in [0.5, 0.6) is 0 Å². The van der Waals surface area contributed by atoms with E-state index in [4.69, 9.17) is 9.15 Å². The van der Waals surface area contributed by atoms with Crippen LogP contribution in [-0.2, 0) is 11.3 Å². The summed E-state index contributed by atoms with van der Waals surface area (Å²) in [4.78, 5) is 0. The van der Waals surface area contributed by atoms with Gasteiger partial charge in [0, 0.05) is 7.11 Å². The molecule has 2 aromatic rings. The molecule has 0 spiro atoms. The minimum atomic E-state index is -0.283. The fourth-order valence-electron chi connectivity index (χ4n) is 2.08. The Morgan fingerprint density at radius 1 is 1.35 bits per heavy atom. The number of benzene rings is 1. The van der Waals surface area contributed by atoms with E-state index in [1.165, 1.54) is 6.07 Å². The molecule has 1 unspecified atom stereocenters. The Bertz CT molecular complexity index is 571. The van der Waals surface area contributed by atoms with E-state index in [1.807, 2.05) is 25.1 Å². The van der Waals surface area contributed by atoms with Crippen molar-refractivity contribution in [3.05, 3.63) is 57.7 Å². The summed E-state index contributed by atoms with van der Waals surface area (Å²) in [6.07, 6.45) is 0. The predicted molar refractivity (Wildman–Crippen MR) is 79.0 cm³/mol. The van der Waals surface area contributed by atoms with E-state index in [0.717, 1.165) is 23.6 Å². The normalized spacial score (nSPS) is 12.6. The summed E-state index contributed by atoms with van der Waals surface area (Å²) in [5.74, 6) is 1.21. The summed E-state index contributed by atoms with van der Waals surface area (Å²) in [7, 11) is 1.62. The highest BCUT2D eigenvalue weighted by molar-refractivity contribution is 9.10. The Balaban J connectivity index is 2.36. The largest absolute Gasteiger partial charge is 0.462 e. The van der Waals surface area contributed by atoms with E-state index in [-0.39, 0.29) is 11.9 Å². The van der Waals surface area contributed by atoms with Gasteiger partial charge in [-0.05, 0) is 46.2 Å². The van der Waals surface area contributed by atoms with Crippen LogP contribution in [0.2, 0.25) is 0 Å². The molecule has 0 saturated carbocycles. The summed E-state index contributed by atoms with van der Waals surface area (Å²) in [6.45, 7) is 3.16. The zero-order valence-corrected chi connectivity index (χ0v) is 13.0. The molecule has 0 bridgehead atoms. The van der Waals surface area contributed by atoms with Crippen molar-refractivity contribution in [2.24, 2.45) is 0 Å². The number of methoxy groups -OCH3 is 1. The molecular weight excluding hydrogens is 325 g/mol. The average Bonchev–Trinajstić information content (AvgIpc) is 2.88. The molecule has 0 aliphatic carbocycles. The molecule has 108 valence electrons. The Kier molecular flexibility index (Phi) is 5.34. The van der Waals surface area contributed by atoms with Crippen LogP contribution >= 0.6 is 15.9 Å². The van der Waals surface area contributed by atoms with Crippen LogP contribution in [0.3, 0.4) is 0 Å². The molecule has 0 fully saturated rings. The molecule has 0 aliphatic heterocycles. The van der Waals surface area contributed by atoms with Gasteiger partial charge in [-0.2, -0.15) is 0 Å². The summed E-state index contributed by atoms with van der Waals surface area (Å²) in [5.41, 5.74) is 0.810. The van der Waals surface area contributed by atoms with Crippen LogP contribution < -0.4 is 5.32 Å². The van der Waals surface area contributed by atoms with Gasteiger partial charge in [0.15, 0.2) is 0 Å². The summed E-state index contributed by atoms with van der Waals surface area (Å²) >= 11 is 3.30. The number of rotatable bonds is 6. The first-order valence-corrected chi connectivity index (χ1v) is 7.21. The van der Waals surface area contributed by atoms with Gasteiger partial charge in [-0.25, -0.2) is 4.39 Å². The number of halogens is 2. The molecule has 1 heterocycles. The molecule has 1 aromatic heterocycles. The maximum Gasteiger partial charge on any atom is 0.137 e. The highest BCUT2D eigenvalue weighted by Crippen LogP contribution is 2.31. The molecule has 0 radical (unpaired) electrons. The second-order valence-electron chi connectivity index (χ2n) is 4.37. The predicted octanol–water partition coefficient (Wildman–Crippen LogP) is 4.03. The standard InChI is InChI=1S/C15H17BrFNO2/c1-3-18-15(11-5-4-6-12(17)14(11)16)13-8-7-10(20-13)9-19-2/h4-8,15,18H,3,9H2,1-2H3. The van der Waals surface area contributed by atoms with Crippen LogP contribution in [0.1, 0.15) is 30.0 Å². The van der Waals surface area contributed by atoms with E-state index < -0.39 is 0 Å². The molecule has 20 heavy (non-hydrogen) atoms. The number of hydrogen-bond donors (Lipinski definition) is 1. The third-order valence-corrected chi connectivity index (χ3v) is 3.79. The van der Waals surface area contributed by atoms with Gasteiger partial charge in [0.05, 0.1) is 10.5 Å². The molecule has 2 rings (SSSR count). The van der Waals surface area contributed by atoms with Crippen molar-refractivity contribution >= 4 is 15.9 Å². The van der Waals surface area contributed by atoms with E-state index in [0.29, 0.717) is 11.1 Å². The highest BCUT2D eigenvalue weighted by atomic mass is 79.9. The van der Waals surface area contributed by atoms with Crippen molar-refractivity contribution in [2.75, 3.05) is 13.7 Å². The topological polar surface area (TPSA) is 34.4 Å². The minimum Gasteiger partial charge on any atom is -0.462 e. The van der Waals surface area contributed by atoms with Gasteiger partial charge < -0.3 is 14.5 Å². The molecular formula is C15H17BrFNO2. The Morgan fingerprint density at radius 2 is 2.15 bits per heavy atom. The number of ether oxygens (including phenoxy) is 1. The summed E-state index contributed by atoms with van der Waals surface area (Å²) in [5, 5.41) is 3.31. The first kappa shape index (κ1) is 15.2. The third-order valence-electron chi connectivity index (χ3n) is 2.95. The average molecular weight is 342 g/mol. The summed E-state index contributed by atoms with van der Waals surface area (Å²) < 4.78 is 25.0. The van der Waals surface area contributed by atoms with Gasteiger partial charge in [0.25, 0.3) is 0 Å². The van der Waals surface area contributed by atoms with Crippen LogP contribution in [0.15, 0.2) is 39.2 Å². The van der Waals surface area contributed by atoms with E-state index in [1.54, 1.807) is 13.2 Å². The van der Waals surface area contributed by atoms with Gasteiger partial charge in [-0.3, -0.25) is 0 Å². The van der Waals surface area contributed by atoms with E-state index >= 15 is 0 Å². The lowest BCUT2D eigenvalue weighted by Gasteiger charge is -2.18. The third kappa shape index (κ3) is 3.29. The lowest BCUT2D eigenvalue weighted by molar-refractivity contribution is 0.162. The molecule has 1 N–H and O–H groups in total. The Hall–Kier alpha value is -1.17. The van der Waals surface area contributed by atoms with Crippen molar-refractivity contribution in [2.45, 2.75) is 19.6 Å². The molecule has 1 aromatic carbocycles. The van der Waals surface area contributed by atoms with Crippen LogP contribution in [0, 0.1) is 5.82 Å². The smallest absolute Gasteiger partial charge is 0.137 e. The Morgan fingerprint density at radius 3 is 2.85 bits per heavy atom. The van der Waals surface area contributed by atoms with Gasteiger partial charge in [-0.15, -0.1) is 0 Å². The molecule has 0 aliphatic rings. The van der Waals surface area contributed by atoms with E-state index in [9.17, 15) is 4.39 Å². The molecule has 0 amide bonds. The minimum absolute atomic E-state index is 0.198. The van der Waals surface area contributed by atoms with Crippen molar-refractivity contribution in [3.63, 3.8) is 0 Å². The quantitative estimate of drug-likeness (QED) is 0.861. The lowest BCUT2D eigenvalue weighted by atomic mass is 10.0. The first-order valence-electron chi connectivity index (χ1n) is 6.42. The fourth-order valence-corrected chi connectivity index (χ4v) is 2.57. The van der Waals surface area contributed by atoms with Gasteiger partial charge in [0.1, 0.15) is 23.9 Å².